The first kappa shape index (κ1) is 9.63. The van der Waals surface area contributed by atoms with Crippen LogP contribution in [0.1, 0.15) is 11.5 Å². The predicted molar refractivity (Wildman–Crippen MR) is 35.0 cm³/mol. The smallest absolute Gasteiger partial charge is 0.449 e. The van der Waals surface area contributed by atoms with E-state index in [0.717, 1.165) is 6.07 Å². The van der Waals surface area contributed by atoms with E-state index >= 15 is 0 Å². The molecule has 0 aromatic carbocycles. The summed E-state index contributed by atoms with van der Waals surface area (Å²) < 4.78 is 39.9. The Morgan fingerprint density at radius 1 is 1.46 bits per heavy atom. The van der Waals surface area contributed by atoms with Gasteiger partial charge in [-0.3, -0.25) is 4.79 Å². The number of rotatable bonds is 2. The average molecular weight is 194 g/mol. The lowest BCUT2D eigenvalue weighted by atomic mass is 10.3. The Labute approximate surface area is 70.8 Å². The van der Waals surface area contributed by atoms with Crippen LogP contribution in [0.25, 0.3) is 0 Å². The molecule has 1 heterocycles. The summed E-state index contributed by atoms with van der Waals surface area (Å²) in [5, 5.41) is 8.24. The van der Waals surface area contributed by atoms with Crippen molar-refractivity contribution in [3.63, 3.8) is 0 Å². The van der Waals surface area contributed by atoms with Crippen molar-refractivity contribution in [1.82, 2.24) is 0 Å². The quantitative estimate of drug-likeness (QED) is 0.782. The van der Waals surface area contributed by atoms with Crippen LogP contribution in [0.3, 0.4) is 0 Å². The van der Waals surface area contributed by atoms with Crippen molar-refractivity contribution in [3.8, 4) is 0 Å². The predicted octanol–water partition coefficient (Wildman–Crippen LogP) is 1.93. The van der Waals surface area contributed by atoms with E-state index in [4.69, 9.17) is 5.11 Å². The maximum absolute atomic E-state index is 11.9. The number of carbonyl (C=O) groups is 1. The molecule has 0 unspecified atom stereocenters. The lowest BCUT2D eigenvalue weighted by molar-refractivity contribution is -0.154. The number of hydrogen-bond donors (Lipinski definition) is 1. The number of carboxylic acid groups (broad SMARTS) is 1. The topological polar surface area (TPSA) is 50.4 Å². The Hall–Kier alpha value is -1.46. The highest BCUT2D eigenvalue weighted by Crippen LogP contribution is 2.30. The number of alkyl halides is 3. The molecular formula is C7H5F3O3. The van der Waals surface area contributed by atoms with Gasteiger partial charge in [0, 0.05) is 0 Å². The van der Waals surface area contributed by atoms with Crippen molar-refractivity contribution >= 4 is 5.97 Å². The summed E-state index contributed by atoms with van der Waals surface area (Å²) in [6.45, 7) is 0. The number of aliphatic carboxylic acids is 1. The molecule has 0 spiro atoms. The van der Waals surface area contributed by atoms with Crippen LogP contribution in [-0.2, 0) is 17.4 Å². The van der Waals surface area contributed by atoms with Gasteiger partial charge in [-0.15, -0.1) is 0 Å². The van der Waals surface area contributed by atoms with Gasteiger partial charge >= 0.3 is 12.1 Å². The fourth-order valence-corrected chi connectivity index (χ4v) is 0.774. The first-order chi connectivity index (χ1) is 5.89. The van der Waals surface area contributed by atoms with E-state index in [-0.39, 0.29) is 5.76 Å². The van der Waals surface area contributed by atoms with Gasteiger partial charge < -0.3 is 9.52 Å². The van der Waals surface area contributed by atoms with Gasteiger partial charge in [0.05, 0.1) is 0 Å². The van der Waals surface area contributed by atoms with Gasteiger partial charge in [0.15, 0.2) is 0 Å². The van der Waals surface area contributed by atoms with Gasteiger partial charge in [-0.1, -0.05) is 0 Å². The van der Waals surface area contributed by atoms with Gasteiger partial charge in [-0.05, 0) is 12.1 Å². The summed E-state index contributed by atoms with van der Waals surface area (Å²) in [4.78, 5) is 10.1. The molecule has 0 fully saturated rings. The van der Waals surface area contributed by atoms with Crippen molar-refractivity contribution in [1.29, 1.82) is 0 Å². The highest BCUT2D eigenvalue weighted by Gasteiger charge is 2.34. The summed E-state index contributed by atoms with van der Waals surface area (Å²) in [6.07, 6.45) is -5.10. The second-order valence-electron chi connectivity index (χ2n) is 2.33. The summed E-state index contributed by atoms with van der Waals surface area (Å²) in [6, 6.07) is 1.70. The molecule has 0 aliphatic carbocycles. The van der Waals surface area contributed by atoms with Gasteiger partial charge in [0.1, 0.15) is 12.2 Å². The van der Waals surface area contributed by atoms with E-state index in [9.17, 15) is 18.0 Å². The van der Waals surface area contributed by atoms with Gasteiger partial charge in [0.25, 0.3) is 0 Å². The highest BCUT2D eigenvalue weighted by molar-refractivity contribution is 5.69. The minimum absolute atomic E-state index is 0.208. The van der Waals surface area contributed by atoms with Crippen molar-refractivity contribution < 1.29 is 27.5 Å². The third-order valence-electron chi connectivity index (χ3n) is 1.27. The number of halogens is 3. The maximum Gasteiger partial charge on any atom is 0.449 e. The molecule has 0 bridgehead atoms. The van der Waals surface area contributed by atoms with Crippen LogP contribution in [-0.4, -0.2) is 11.1 Å². The fraction of sp³-hybridized carbons (Fsp3) is 0.286. The minimum atomic E-state index is -4.56. The zero-order chi connectivity index (χ0) is 10.1. The van der Waals surface area contributed by atoms with Gasteiger partial charge in [-0.25, -0.2) is 0 Å². The second-order valence-corrected chi connectivity index (χ2v) is 2.33. The third-order valence-corrected chi connectivity index (χ3v) is 1.27. The molecule has 0 aliphatic rings. The Balaban J connectivity index is 2.81. The molecule has 1 rings (SSSR count). The fourth-order valence-electron chi connectivity index (χ4n) is 0.774. The largest absolute Gasteiger partial charge is 0.481 e. The molecule has 13 heavy (non-hydrogen) atoms. The average Bonchev–Trinajstić information content (AvgIpc) is 2.32. The Morgan fingerprint density at radius 3 is 2.46 bits per heavy atom. The van der Waals surface area contributed by atoms with Gasteiger partial charge in [-0.2, -0.15) is 13.2 Å². The zero-order valence-corrected chi connectivity index (χ0v) is 6.26. The molecule has 1 aromatic heterocycles. The highest BCUT2D eigenvalue weighted by atomic mass is 19.4. The van der Waals surface area contributed by atoms with Crippen LogP contribution in [0.4, 0.5) is 13.2 Å². The molecule has 3 nitrogen and oxygen atoms in total. The van der Waals surface area contributed by atoms with Crippen LogP contribution in [0.5, 0.6) is 0 Å². The minimum Gasteiger partial charge on any atom is -0.481 e. The molecule has 0 saturated carbocycles. The van der Waals surface area contributed by atoms with Crippen LogP contribution in [0.15, 0.2) is 16.5 Å². The first-order valence-corrected chi connectivity index (χ1v) is 3.27. The molecule has 0 amide bonds. The van der Waals surface area contributed by atoms with Crippen LogP contribution in [0.2, 0.25) is 0 Å². The molecule has 0 saturated heterocycles. The molecule has 72 valence electrons. The summed E-state index contributed by atoms with van der Waals surface area (Å²) >= 11 is 0. The molecular weight excluding hydrogens is 189 g/mol. The number of hydrogen-bond acceptors (Lipinski definition) is 2. The summed E-state index contributed by atoms with van der Waals surface area (Å²) in [5.74, 6) is -2.62. The van der Waals surface area contributed by atoms with E-state index in [0.29, 0.717) is 6.07 Å². The van der Waals surface area contributed by atoms with Crippen LogP contribution >= 0.6 is 0 Å². The standard InChI is InChI=1S/C7H5F3O3/c8-7(9,10)5-2-1-4(13-5)3-6(11)12/h1-2H,3H2,(H,11,12). The maximum atomic E-state index is 11.9. The molecule has 1 aromatic rings. The van der Waals surface area contributed by atoms with Crippen molar-refractivity contribution in [2.45, 2.75) is 12.6 Å². The van der Waals surface area contributed by atoms with E-state index in [1.54, 1.807) is 0 Å². The molecule has 6 heteroatoms. The van der Waals surface area contributed by atoms with E-state index < -0.39 is 24.3 Å². The molecule has 0 aliphatic heterocycles. The number of furan rings is 1. The summed E-state index contributed by atoms with van der Waals surface area (Å²) in [5.41, 5.74) is 0. The lowest BCUT2D eigenvalue weighted by Gasteiger charge is -2.00. The van der Waals surface area contributed by atoms with Crippen LogP contribution < -0.4 is 0 Å². The van der Waals surface area contributed by atoms with Crippen LogP contribution in [0, 0.1) is 0 Å². The van der Waals surface area contributed by atoms with Crippen molar-refractivity contribution in [3.05, 3.63) is 23.7 Å². The SMILES string of the molecule is O=C(O)Cc1ccc(C(F)(F)F)o1. The number of carboxylic acids is 1. The van der Waals surface area contributed by atoms with E-state index in [1.807, 2.05) is 0 Å². The van der Waals surface area contributed by atoms with Gasteiger partial charge in [0.2, 0.25) is 5.76 Å². The Kier molecular flexibility index (Phi) is 2.31. The molecule has 0 radical (unpaired) electrons. The Bertz CT molecular complexity index is 313. The zero-order valence-electron chi connectivity index (χ0n) is 6.26. The second kappa shape index (κ2) is 3.12. The third kappa shape index (κ3) is 2.50. The normalized spacial score (nSPS) is 11.6. The monoisotopic (exact) mass is 194 g/mol. The van der Waals surface area contributed by atoms with E-state index in [1.165, 1.54) is 0 Å². The lowest BCUT2D eigenvalue weighted by Crippen LogP contribution is -2.03. The molecule has 1 N–H and O–H groups in total. The van der Waals surface area contributed by atoms with E-state index in [2.05, 4.69) is 4.42 Å². The molecule has 0 atom stereocenters. The summed E-state index contributed by atoms with van der Waals surface area (Å²) in [7, 11) is 0. The van der Waals surface area contributed by atoms with Crippen molar-refractivity contribution in [2.24, 2.45) is 0 Å². The first-order valence-electron chi connectivity index (χ1n) is 3.27. The van der Waals surface area contributed by atoms with Crippen molar-refractivity contribution in [2.75, 3.05) is 0 Å². The Morgan fingerprint density at radius 2 is 2.08 bits per heavy atom.